The molecule has 0 aromatic rings. The largest absolute Gasteiger partial charge is 0.450 e. The smallest absolute Gasteiger partial charge is 0.409 e. The highest BCUT2D eigenvalue weighted by molar-refractivity contribution is 6.07. The van der Waals surface area contributed by atoms with Gasteiger partial charge in [0.15, 0.2) is 0 Å². The second kappa shape index (κ2) is 8.33. The lowest BCUT2D eigenvalue weighted by atomic mass is 9.83. The van der Waals surface area contributed by atoms with Gasteiger partial charge in [-0.05, 0) is 20.3 Å². The van der Waals surface area contributed by atoms with Gasteiger partial charge in [-0.15, -0.1) is 0 Å². The summed E-state index contributed by atoms with van der Waals surface area (Å²) in [5, 5.41) is 2.82. The molecule has 1 fully saturated rings. The maximum atomic E-state index is 12.6. The Bertz CT molecular complexity index is 563. The minimum atomic E-state index is -0.949. The Labute approximate surface area is 147 Å². The fourth-order valence-corrected chi connectivity index (χ4v) is 3.25. The quantitative estimate of drug-likeness (QED) is 0.565. The van der Waals surface area contributed by atoms with Gasteiger partial charge in [-0.2, -0.15) is 0 Å². The first kappa shape index (κ1) is 19.2. The van der Waals surface area contributed by atoms with Crippen LogP contribution in [0.1, 0.15) is 33.1 Å². The Morgan fingerprint density at radius 2 is 2.00 bits per heavy atom. The van der Waals surface area contributed by atoms with Crippen molar-refractivity contribution in [3.05, 3.63) is 11.1 Å². The van der Waals surface area contributed by atoms with E-state index in [9.17, 15) is 14.4 Å². The fourth-order valence-electron chi connectivity index (χ4n) is 3.25. The average Bonchev–Trinajstić information content (AvgIpc) is 2.82. The summed E-state index contributed by atoms with van der Waals surface area (Å²) in [5.74, 6) is -0.754. The lowest BCUT2D eigenvalue weighted by molar-refractivity contribution is -0.150. The van der Waals surface area contributed by atoms with Gasteiger partial charge in [-0.25, -0.2) is 9.59 Å². The predicted molar refractivity (Wildman–Crippen MR) is 88.9 cm³/mol. The van der Waals surface area contributed by atoms with Crippen LogP contribution in [0.15, 0.2) is 11.1 Å². The van der Waals surface area contributed by atoms with Crippen molar-refractivity contribution in [1.82, 2.24) is 10.2 Å². The predicted octanol–water partition coefficient (Wildman–Crippen LogP) is 1.00. The van der Waals surface area contributed by atoms with Crippen molar-refractivity contribution in [3.63, 3.8) is 0 Å². The van der Waals surface area contributed by atoms with E-state index in [-0.39, 0.29) is 12.0 Å². The van der Waals surface area contributed by atoms with Crippen molar-refractivity contribution < 1.29 is 28.6 Å². The van der Waals surface area contributed by atoms with Crippen LogP contribution in [0.2, 0.25) is 0 Å². The highest BCUT2D eigenvalue weighted by atomic mass is 16.6. The Kier molecular flexibility index (Phi) is 6.41. The molecular formula is C17H26N2O6. The van der Waals surface area contributed by atoms with Crippen molar-refractivity contribution in [3.8, 4) is 0 Å². The molecule has 0 radical (unpaired) electrons. The lowest BCUT2D eigenvalue weighted by Gasteiger charge is -2.38. The summed E-state index contributed by atoms with van der Waals surface area (Å²) in [6, 6.07) is 0. The molecule has 0 saturated carbocycles. The molecule has 0 aromatic heterocycles. The van der Waals surface area contributed by atoms with Gasteiger partial charge < -0.3 is 24.4 Å². The minimum absolute atomic E-state index is 0.288. The van der Waals surface area contributed by atoms with Gasteiger partial charge in [0.2, 0.25) is 0 Å². The maximum absolute atomic E-state index is 12.6. The molecule has 0 bridgehead atoms. The minimum Gasteiger partial charge on any atom is -0.450 e. The molecule has 1 saturated heterocycles. The van der Waals surface area contributed by atoms with Crippen molar-refractivity contribution >= 4 is 18.0 Å². The highest BCUT2D eigenvalue weighted by Crippen LogP contribution is 2.41. The molecule has 0 aliphatic carbocycles. The van der Waals surface area contributed by atoms with E-state index < -0.39 is 11.6 Å². The number of esters is 1. The molecule has 2 aliphatic rings. The molecule has 25 heavy (non-hydrogen) atoms. The zero-order valence-electron chi connectivity index (χ0n) is 15.1. The molecule has 0 aromatic carbocycles. The number of carbonyl (C=O) groups excluding carboxylic acids is 3. The normalized spacial score (nSPS) is 19.2. The molecule has 8 heteroatoms. The molecule has 2 heterocycles. The number of nitrogens with zero attached hydrogens (tertiary/aromatic N) is 1. The van der Waals surface area contributed by atoms with Crippen LogP contribution in [-0.4, -0.2) is 68.4 Å². The monoisotopic (exact) mass is 354 g/mol. The first-order valence-electron chi connectivity index (χ1n) is 8.58. The third-order valence-corrected chi connectivity index (χ3v) is 4.56. The second-order valence-electron chi connectivity index (χ2n) is 6.17. The second-order valence-corrected chi connectivity index (χ2v) is 6.17. The van der Waals surface area contributed by atoms with E-state index in [0.29, 0.717) is 63.3 Å². The molecule has 1 spiro atoms. The summed E-state index contributed by atoms with van der Waals surface area (Å²) in [5.41, 5.74) is -0.220. The van der Waals surface area contributed by atoms with Gasteiger partial charge in [-0.1, -0.05) is 0 Å². The number of rotatable bonds is 6. The summed E-state index contributed by atoms with van der Waals surface area (Å²) in [6.45, 7) is 5.43. The van der Waals surface area contributed by atoms with Crippen molar-refractivity contribution in [2.45, 2.75) is 38.7 Å². The Morgan fingerprint density at radius 1 is 1.32 bits per heavy atom. The summed E-state index contributed by atoms with van der Waals surface area (Å²) >= 11 is 0. The molecule has 1 N–H and O–H groups in total. The van der Waals surface area contributed by atoms with E-state index in [1.807, 2.05) is 0 Å². The third kappa shape index (κ3) is 4.12. The van der Waals surface area contributed by atoms with Gasteiger partial charge in [0, 0.05) is 51.8 Å². The molecular weight excluding hydrogens is 328 g/mol. The number of piperidine rings is 1. The van der Waals surface area contributed by atoms with Crippen LogP contribution in [0.25, 0.3) is 0 Å². The number of hydrogen-bond donors (Lipinski definition) is 1. The molecule has 0 unspecified atom stereocenters. The molecule has 8 nitrogen and oxygen atoms in total. The first-order valence-corrected chi connectivity index (χ1v) is 8.58. The van der Waals surface area contributed by atoms with Gasteiger partial charge >= 0.3 is 12.1 Å². The Hall–Kier alpha value is -2.09. The van der Waals surface area contributed by atoms with Crippen molar-refractivity contribution in [2.24, 2.45) is 0 Å². The van der Waals surface area contributed by atoms with E-state index in [4.69, 9.17) is 14.2 Å². The highest BCUT2D eigenvalue weighted by Gasteiger charge is 2.51. The summed E-state index contributed by atoms with van der Waals surface area (Å²) in [6.07, 6.45) is 1.08. The van der Waals surface area contributed by atoms with E-state index in [1.54, 1.807) is 25.9 Å². The van der Waals surface area contributed by atoms with E-state index in [2.05, 4.69) is 5.32 Å². The standard InChI is InChI=1S/C17H26N2O6/c1-4-24-16(22)19-9-6-17(7-10-19)13(12(2)15(21)25-17)14(20)18-8-5-11-23-3/h4-11H2,1-3H3,(H,18,20). The lowest BCUT2D eigenvalue weighted by Crippen LogP contribution is -2.50. The summed E-state index contributed by atoms with van der Waals surface area (Å²) < 4.78 is 15.5. The third-order valence-electron chi connectivity index (χ3n) is 4.56. The fraction of sp³-hybridized carbons (Fsp3) is 0.706. The number of ether oxygens (including phenoxy) is 3. The van der Waals surface area contributed by atoms with Crippen molar-refractivity contribution in [2.75, 3.05) is 40.0 Å². The number of likely N-dealkylation sites (tertiary alicyclic amines) is 1. The molecule has 2 amide bonds. The van der Waals surface area contributed by atoms with Crippen LogP contribution in [-0.2, 0) is 23.8 Å². The number of carbonyl (C=O) groups is 3. The average molecular weight is 354 g/mol. The van der Waals surface area contributed by atoms with Gasteiger partial charge in [0.25, 0.3) is 5.91 Å². The Balaban J connectivity index is 2.06. The SMILES string of the molecule is CCOC(=O)N1CCC2(CC1)OC(=O)C(C)=C2C(=O)NCCCOC. The topological polar surface area (TPSA) is 94.2 Å². The number of nitrogens with one attached hydrogen (secondary N) is 1. The number of methoxy groups -OCH3 is 1. The Morgan fingerprint density at radius 3 is 2.60 bits per heavy atom. The van der Waals surface area contributed by atoms with Gasteiger partial charge in [0.1, 0.15) is 5.60 Å². The van der Waals surface area contributed by atoms with Crippen LogP contribution in [0.5, 0.6) is 0 Å². The first-order chi connectivity index (χ1) is 11.9. The van der Waals surface area contributed by atoms with Gasteiger partial charge in [-0.3, -0.25) is 4.79 Å². The van der Waals surface area contributed by atoms with Crippen molar-refractivity contribution in [1.29, 1.82) is 0 Å². The van der Waals surface area contributed by atoms with Crippen LogP contribution >= 0.6 is 0 Å². The van der Waals surface area contributed by atoms with Crippen LogP contribution < -0.4 is 5.32 Å². The van der Waals surface area contributed by atoms with Gasteiger partial charge in [0.05, 0.1) is 12.2 Å². The molecule has 2 rings (SSSR count). The van der Waals surface area contributed by atoms with E-state index in [1.165, 1.54) is 0 Å². The number of hydrogen-bond acceptors (Lipinski definition) is 6. The molecule has 0 atom stereocenters. The van der Waals surface area contributed by atoms with Crippen LogP contribution in [0.4, 0.5) is 4.79 Å². The number of amides is 2. The van der Waals surface area contributed by atoms with E-state index >= 15 is 0 Å². The van der Waals surface area contributed by atoms with Crippen LogP contribution in [0.3, 0.4) is 0 Å². The summed E-state index contributed by atoms with van der Waals surface area (Å²) in [4.78, 5) is 38.1. The molecule has 140 valence electrons. The molecule has 2 aliphatic heterocycles. The zero-order chi connectivity index (χ0) is 18.4. The maximum Gasteiger partial charge on any atom is 0.409 e. The van der Waals surface area contributed by atoms with Crippen LogP contribution in [0, 0.1) is 0 Å². The summed E-state index contributed by atoms with van der Waals surface area (Å²) in [7, 11) is 1.60. The zero-order valence-corrected chi connectivity index (χ0v) is 15.1. The van der Waals surface area contributed by atoms with E-state index in [0.717, 1.165) is 0 Å².